The third-order valence-corrected chi connectivity index (χ3v) is 2.89. The van der Waals surface area contributed by atoms with E-state index in [9.17, 15) is 4.79 Å². The van der Waals surface area contributed by atoms with Crippen LogP contribution in [0.3, 0.4) is 0 Å². The van der Waals surface area contributed by atoms with E-state index >= 15 is 0 Å². The zero-order valence-corrected chi connectivity index (χ0v) is 10.2. The molecule has 0 saturated carbocycles. The zero-order chi connectivity index (χ0) is 12.3. The number of hydrogen-bond acceptors (Lipinski definition) is 4. The molecule has 3 N–H and O–H groups in total. The Hall–Kier alpha value is -1.33. The van der Waals surface area contributed by atoms with E-state index in [1.807, 2.05) is 5.01 Å². The van der Waals surface area contributed by atoms with Crippen LogP contribution in [-0.2, 0) is 0 Å². The Bertz CT molecular complexity index is 398. The molecule has 17 heavy (non-hydrogen) atoms. The number of nitrogens with zero attached hydrogens (tertiary/aromatic N) is 2. The molecule has 2 heterocycles. The van der Waals surface area contributed by atoms with Gasteiger partial charge in [0, 0.05) is 18.7 Å². The van der Waals surface area contributed by atoms with Gasteiger partial charge in [-0.1, -0.05) is 18.0 Å². The second-order valence-corrected chi connectivity index (χ2v) is 4.48. The van der Waals surface area contributed by atoms with Crippen molar-refractivity contribution in [3.63, 3.8) is 0 Å². The number of anilines is 1. The highest BCUT2D eigenvalue weighted by Crippen LogP contribution is 2.13. The minimum Gasteiger partial charge on any atom is -0.384 e. The van der Waals surface area contributed by atoms with Crippen LogP contribution in [0.25, 0.3) is 0 Å². The van der Waals surface area contributed by atoms with E-state index in [1.54, 1.807) is 0 Å². The first kappa shape index (κ1) is 12.1. The third kappa shape index (κ3) is 3.31. The van der Waals surface area contributed by atoms with Crippen LogP contribution in [0.1, 0.15) is 29.6 Å². The first-order valence-corrected chi connectivity index (χ1v) is 6.02. The molecule has 1 aliphatic heterocycles. The van der Waals surface area contributed by atoms with Crippen LogP contribution < -0.4 is 11.2 Å². The van der Waals surface area contributed by atoms with Crippen LogP contribution in [0.2, 0.25) is 5.15 Å². The number of hydrogen-bond donors (Lipinski definition) is 2. The number of rotatable bonds is 2. The number of piperidine rings is 1. The monoisotopic (exact) mass is 254 g/mol. The van der Waals surface area contributed by atoms with Gasteiger partial charge in [0.1, 0.15) is 11.0 Å². The fourth-order valence-corrected chi connectivity index (χ4v) is 2.08. The maximum Gasteiger partial charge on any atom is 0.265 e. The van der Waals surface area contributed by atoms with Crippen molar-refractivity contribution >= 4 is 23.3 Å². The summed E-state index contributed by atoms with van der Waals surface area (Å²) >= 11 is 5.75. The lowest BCUT2D eigenvalue weighted by molar-refractivity contribution is 0.0750. The number of carbonyl (C=O) groups is 1. The van der Waals surface area contributed by atoms with Crippen LogP contribution in [0, 0.1) is 0 Å². The largest absolute Gasteiger partial charge is 0.384 e. The van der Waals surface area contributed by atoms with Crippen LogP contribution in [0.15, 0.2) is 12.1 Å². The van der Waals surface area contributed by atoms with Crippen molar-refractivity contribution in [2.75, 3.05) is 18.8 Å². The SMILES string of the molecule is Nc1cc(C(=O)NN2CCCCC2)cc(Cl)n1. The van der Waals surface area contributed by atoms with Crippen LogP contribution in [-0.4, -0.2) is 29.0 Å². The van der Waals surface area contributed by atoms with Crippen molar-refractivity contribution < 1.29 is 4.79 Å². The molecule has 1 aromatic heterocycles. The van der Waals surface area contributed by atoms with Gasteiger partial charge in [-0.25, -0.2) is 9.99 Å². The third-order valence-electron chi connectivity index (χ3n) is 2.69. The van der Waals surface area contributed by atoms with Gasteiger partial charge in [-0.05, 0) is 25.0 Å². The number of hydrazine groups is 1. The first-order chi connectivity index (χ1) is 8.15. The van der Waals surface area contributed by atoms with Crippen molar-refractivity contribution in [3.05, 3.63) is 22.8 Å². The van der Waals surface area contributed by atoms with Crippen LogP contribution in [0.5, 0.6) is 0 Å². The summed E-state index contributed by atoms with van der Waals surface area (Å²) < 4.78 is 0. The predicted octanol–water partition coefficient (Wildman–Crippen LogP) is 1.45. The highest BCUT2D eigenvalue weighted by molar-refractivity contribution is 6.29. The highest BCUT2D eigenvalue weighted by Gasteiger charge is 2.14. The van der Waals surface area contributed by atoms with E-state index < -0.39 is 0 Å². The lowest BCUT2D eigenvalue weighted by Gasteiger charge is -2.26. The van der Waals surface area contributed by atoms with Gasteiger partial charge in [0.2, 0.25) is 0 Å². The molecule has 2 rings (SSSR count). The standard InChI is InChI=1S/C11H15ClN4O/c12-9-6-8(7-10(13)14-9)11(17)15-16-4-2-1-3-5-16/h6-7H,1-5H2,(H2,13,14)(H,15,17). The van der Waals surface area contributed by atoms with E-state index in [2.05, 4.69) is 10.4 Å². The molecule has 6 heteroatoms. The number of carbonyl (C=O) groups excluding carboxylic acids is 1. The molecule has 0 atom stereocenters. The summed E-state index contributed by atoms with van der Waals surface area (Å²) in [6.45, 7) is 1.78. The molecule has 1 amide bonds. The maximum atomic E-state index is 11.9. The smallest absolute Gasteiger partial charge is 0.265 e. The first-order valence-electron chi connectivity index (χ1n) is 5.64. The van der Waals surface area contributed by atoms with E-state index in [-0.39, 0.29) is 16.9 Å². The van der Waals surface area contributed by atoms with Gasteiger partial charge < -0.3 is 5.73 Å². The summed E-state index contributed by atoms with van der Waals surface area (Å²) in [5, 5.41) is 2.16. The van der Waals surface area contributed by atoms with E-state index in [4.69, 9.17) is 17.3 Å². The molecule has 92 valence electrons. The molecule has 0 spiro atoms. The van der Waals surface area contributed by atoms with Gasteiger partial charge in [0.05, 0.1) is 0 Å². The van der Waals surface area contributed by atoms with Gasteiger partial charge in [-0.15, -0.1) is 0 Å². The number of pyridine rings is 1. The van der Waals surface area contributed by atoms with Crippen molar-refractivity contribution in [1.82, 2.24) is 15.4 Å². The molecule has 0 aromatic carbocycles. The van der Waals surface area contributed by atoms with Gasteiger partial charge in [-0.3, -0.25) is 10.2 Å². The van der Waals surface area contributed by atoms with Gasteiger partial charge in [0.15, 0.2) is 0 Å². The van der Waals surface area contributed by atoms with E-state index in [1.165, 1.54) is 18.6 Å². The number of aromatic nitrogens is 1. The quantitative estimate of drug-likeness (QED) is 0.784. The van der Waals surface area contributed by atoms with Crippen LogP contribution >= 0.6 is 11.6 Å². The normalized spacial score (nSPS) is 16.8. The summed E-state index contributed by atoms with van der Waals surface area (Å²) in [4.78, 5) is 15.7. The molecule has 0 unspecified atom stereocenters. The molecule has 1 saturated heterocycles. The number of nitrogens with two attached hydrogens (primary N) is 1. The molecular weight excluding hydrogens is 240 g/mol. The fourth-order valence-electron chi connectivity index (χ4n) is 1.86. The fraction of sp³-hybridized carbons (Fsp3) is 0.455. The minimum atomic E-state index is -0.192. The van der Waals surface area contributed by atoms with Crippen molar-refractivity contribution in [2.24, 2.45) is 0 Å². The summed E-state index contributed by atoms with van der Waals surface area (Å²) in [6, 6.07) is 3.03. The molecule has 1 aromatic rings. The summed E-state index contributed by atoms with van der Waals surface area (Å²) in [5.74, 6) is 0.0594. The Balaban J connectivity index is 2.03. The van der Waals surface area contributed by atoms with Gasteiger partial charge in [0.25, 0.3) is 5.91 Å². The second-order valence-electron chi connectivity index (χ2n) is 4.09. The molecule has 0 radical (unpaired) electrons. The topological polar surface area (TPSA) is 71.2 Å². The second kappa shape index (κ2) is 5.33. The van der Waals surface area contributed by atoms with Gasteiger partial charge in [-0.2, -0.15) is 0 Å². The Labute approximate surface area is 105 Å². The average Bonchev–Trinajstić information content (AvgIpc) is 2.29. The molecule has 0 aliphatic carbocycles. The Morgan fingerprint density at radius 1 is 1.35 bits per heavy atom. The zero-order valence-electron chi connectivity index (χ0n) is 9.45. The predicted molar refractivity (Wildman–Crippen MR) is 66.5 cm³/mol. The molecular formula is C11H15ClN4O. The van der Waals surface area contributed by atoms with Crippen molar-refractivity contribution in [3.8, 4) is 0 Å². The number of halogens is 1. The Morgan fingerprint density at radius 3 is 2.71 bits per heavy atom. The Morgan fingerprint density at radius 2 is 2.06 bits per heavy atom. The van der Waals surface area contributed by atoms with Gasteiger partial charge >= 0.3 is 0 Å². The number of amides is 1. The molecule has 1 fully saturated rings. The molecule has 1 aliphatic rings. The maximum absolute atomic E-state index is 11.9. The molecule has 5 nitrogen and oxygen atoms in total. The number of nitrogens with one attached hydrogen (secondary N) is 1. The van der Waals surface area contributed by atoms with E-state index in [0.717, 1.165) is 25.9 Å². The highest BCUT2D eigenvalue weighted by atomic mass is 35.5. The van der Waals surface area contributed by atoms with Crippen molar-refractivity contribution in [1.29, 1.82) is 0 Å². The van der Waals surface area contributed by atoms with Crippen molar-refractivity contribution in [2.45, 2.75) is 19.3 Å². The molecule has 0 bridgehead atoms. The lowest BCUT2D eigenvalue weighted by Crippen LogP contribution is -2.45. The van der Waals surface area contributed by atoms with E-state index in [0.29, 0.717) is 5.56 Å². The number of nitrogen functional groups attached to an aromatic ring is 1. The lowest BCUT2D eigenvalue weighted by atomic mass is 10.2. The summed E-state index contributed by atoms with van der Waals surface area (Å²) in [7, 11) is 0. The average molecular weight is 255 g/mol. The van der Waals surface area contributed by atoms with Crippen LogP contribution in [0.4, 0.5) is 5.82 Å². The Kier molecular flexibility index (Phi) is 3.81. The summed E-state index contributed by atoms with van der Waals surface area (Å²) in [5.41, 5.74) is 8.82. The summed E-state index contributed by atoms with van der Waals surface area (Å²) in [6.07, 6.45) is 3.44. The minimum absolute atomic E-state index is 0.192.